The Morgan fingerprint density at radius 2 is 1.12 bits per heavy atom. The van der Waals surface area contributed by atoms with E-state index in [1.165, 1.54) is 21.8 Å². The van der Waals surface area contributed by atoms with E-state index < -0.39 is 41.9 Å². The molecule has 2 aliphatic heterocycles. The molecule has 2 heterocycles. The third-order valence-corrected chi connectivity index (χ3v) is 11.2. The van der Waals surface area contributed by atoms with Crippen molar-refractivity contribution in [2.45, 2.75) is 42.2 Å². The van der Waals surface area contributed by atoms with Crippen molar-refractivity contribution in [3.8, 4) is 0 Å². The van der Waals surface area contributed by atoms with Crippen LogP contribution in [-0.4, -0.2) is 62.1 Å². The summed E-state index contributed by atoms with van der Waals surface area (Å²) >= 11 is -0.632. The molecule has 0 bridgehead atoms. The molecule has 2 aromatic carbocycles. The van der Waals surface area contributed by atoms with Crippen LogP contribution in [0.2, 0.25) is 29.6 Å². The first kappa shape index (κ1) is 30.7. The van der Waals surface area contributed by atoms with Crippen molar-refractivity contribution >= 4 is 64.1 Å². The molecule has 190 valence electrons. The average Bonchev–Trinajstić information content (AvgIpc) is 3.42. The fraction of sp³-hybridized carbons (Fsp3) is 0.500. The quantitative estimate of drug-likeness (QED) is 0.312. The minimum atomic E-state index is -2.24. The zero-order chi connectivity index (χ0) is 25.5. The maximum atomic E-state index is 13.3. The molecule has 0 aliphatic carbocycles. The van der Waals surface area contributed by atoms with Gasteiger partial charge in [0, 0.05) is 10.0 Å². The van der Waals surface area contributed by atoms with Crippen LogP contribution in [0.25, 0.3) is 0 Å². The fourth-order valence-electron chi connectivity index (χ4n) is 3.18. The Morgan fingerprint density at radius 1 is 0.735 bits per heavy atom. The van der Waals surface area contributed by atoms with Gasteiger partial charge in [0.1, 0.15) is 5.82 Å². The molecule has 4 nitrogen and oxygen atoms in total. The molecular formula is C24H34BrClF2O4Sn2. The molecule has 0 atom stereocenters. The molecule has 0 N–H and O–H groups in total. The number of rotatable bonds is 3. The molecule has 0 spiro atoms. The Morgan fingerprint density at radius 3 is 1.56 bits per heavy atom. The average molecular weight is 777 g/mol. The second-order valence-corrected chi connectivity index (χ2v) is 44.5. The molecule has 10 heteroatoms. The van der Waals surface area contributed by atoms with Crippen LogP contribution in [0.15, 0.2) is 40.9 Å². The number of halogens is 4. The molecule has 2 saturated heterocycles. The molecule has 4 rings (SSSR count). The van der Waals surface area contributed by atoms with Gasteiger partial charge in [-0.15, -0.1) is 0 Å². The van der Waals surface area contributed by atoms with E-state index >= 15 is 0 Å². The van der Waals surface area contributed by atoms with Gasteiger partial charge in [0.15, 0.2) is 6.29 Å². The number of benzene rings is 2. The van der Waals surface area contributed by atoms with Crippen LogP contribution in [0.5, 0.6) is 0 Å². The summed E-state index contributed by atoms with van der Waals surface area (Å²) in [5.41, 5.74) is 1.61. The summed E-state index contributed by atoms with van der Waals surface area (Å²) < 4.78 is 49.7. The molecule has 34 heavy (non-hydrogen) atoms. The van der Waals surface area contributed by atoms with E-state index in [-0.39, 0.29) is 17.9 Å². The van der Waals surface area contributed by atoms with Crippen LogP contribution < -0.4 is 3.58 Å². The van der Waals surface area contributed by atoms with Gasteiger partial charge < -0.3 is 9.47 Å². The van der Waals surface area contributed by atoms with E-state index in [2.05, 4.69) is 45.6 Å². The van der Waals surface area contributed by atoms with E-state index in [1.807, 2.05) is 6.07 Å². The summed E-state index contributed by atoms with van der Waals surface area (Å²) in [5.74, 6) is -0.495. The molecule has 2 fully saturated rings. The van der Waals surface area contributed by atoms with E-state index in [9.17, 15) is 8.78 Å². The Kier molecular flexibility index (Phi) is 12.5. The van der Waals surface area contributed by atoms with Crippen LogP contribution in [0.1, 0.15) is 23.7 Å². The van der Waals surface area contributed by atoms with Crippen molar-refractivity contribution in [1.82, 2.24) is 0 Å². The van der Waals surface area contributed by atoms with Crippen molar-refractivity contribution in [1.29, 1.82) is 0 Å². The van der Waals surface area contributed by atoms with E-state index in [0.717, 1.165) is 10.0 Å². The Bertz CT molecular complexity index is 920. The second kappa shape index (κ2) is 13.9. The van der Waals surface area contributed by atoms with Crippen molar-refractivity contribution in [3.63, 3.8) is 0 Å². The van der Waals surface area contributed by atoms with Gasteiger partial charge in [0.2, 0.25) is 0 Å². The first-order valence-electron chi connectivity index (χ1n) is 11.2. The molecular weight excluding hydrogens is 743 g/mol. The van der Waals surface area contributed by atoms with E-state index in [1.54, 1.807) is 12.1 Å². The normalized spacial score (nSPS) is 17.1. The predicted octanol–water partition coefficient (Wildman–Crippen LogP) is 7.11. The first-order valence-corrected chi connectivity index (χ1v) is 34.1. The molecule has 0 saturated carbocycles. The Hall–Kier alpha value is 0.507. The minimum absolute atomic E-state index is 0.214. The Balaban J connectivity index is 0.000000204. The number of hydrogen-bond acceptors (Lipinski definition) is 4. The fourth-order valence-corrected chi connectivity index (χ4v) is 8.30. The van der Waals surface area contributed by atoms with Gasteiger partial charge in [-0.05, 0) is 18.2 Å². The maximum absolute atomic E-state index is 13.3. The summed E-state index contributed by atoms with van der Waals surface area (Å²) in [6.07, 6.45) is -0.785. The Labute approximate surface area is 222 Å². The predicted molar refractivity (Wildman–Crippen MR) is 142 cm³/mol. The zero-order valence-corrected chi connectivity index (χ0v) is 28.6. The van der Waals surface area contributed by atoms with E-state index in [4.69, 9.17) is 27.9 Å². The van der Waals surface area contributed by atoms with Crippen molar-refractivity contribution < 1.29 is 27.7 Å². The first-order chi connectivity index (χ1) is 15.8. The summed E-state index contributed by atoms with van der Waals surface area (Å²) in [5, 5.41) is 0. The van der Waals surface area contributed by atoms with Crippen LogP contribution in [-0.2, 0) is 18.9 Å². The third-order valence-electron chi connectivity index (χ3n) is 4.53. The molecule has 0 unspecified atom stereocenters. The van der Waals surface area contributed by atoms with E-state index in [0.29, 0.717) is 32.0 Å². The van der Waals surface area contributed by atoms with Gasteiger partial charge in [-0.25, -0.2) is 4.39 Å². The second-order valence-electron chi connectivity index (χ2n) is 9.86. The standard InChI is InChI=1S/C9H8BrFO2.C9H8FO2.6CH3.ClH.2Sn/c10-8-2-1-6(11)5-7(8)9-12-3-4-13-9;10-8-3-1-2-7(6-8)9-11-4-5-12-9;;;;;;;;;/h1-2,5,9H,3-4H2;1,3,6,9H,4-5H2;6*1H3;1H;;/q;;;;;;;;;;+1/p-1. The van der Waals surface area contributed by atoms with Crippen LogP contribution in [0.4, 0.5) is 8.78 Å². The summed E-state index contributed by atoms with van der Waals surface area (Å²) in [7, 11) is 5.74. The van der Waals surface area contributed by atoms with Crippen molar-refractivity contribution in [2.24, 2.45) is 0 Å². The van der Waals surface area contributed by atoms with Crippen LogP contribution >= 0.6 is 24.9 Å². The number of hydrogen-bond donors (Lipinski definition) is 0. The van der Waals surface area contributed by atoms with Gasteiger partial charge in [0.25, 0.3) is 0 Å². The van der Waals surface area contributed by atoms with Crippen molar-refractivity contribution in [2.75, 3.05) is 26.4 Å². The van der Waals surface area contributed by atoms with Gasteiger partial charge in [-0.3, -0.25) is 0 Å². The molecule has 2 aliphatic rings. The topological polar surface area (TPSA) is 36.9 Å². The van der Waals surface area contributed by atoms with Gasteiger partial charge in [0.05, 0.1) is 13.2 Å². The summed E-state index contributed by atoms with van der Waals surface area (Å²) in [4.78, 5) is 13.4. The molecule has 0 radical (unpaired) electrons. The summed E-state index contributed by atoms with van der Waals surface area (Å²) in [6, 6.07) is 9.47. The molecule has 0 aromatic heterocycles. The van der Waals surface area contributed by atoms with Gasteiger partial charge >= 0.3 is 141 Å². The SMILES string of the molecule is Fc1ccc(Br)c(C2OCCO2)c1.[CH3][Sn]([CH3])([CH3])[Cl].[CH3][Sn]([CH3])([CH3])[c]1ccc(F)cc1C1OCCO1. The monoisotopic (exact) mass is 778 g/mol. The zero-order valence-electron chi connectivity index (χ0n) is 20.6. The van der Waals surface area contributed by atoms with Gasteiger partial charge in [-0.2, -0.15) is 0 Å². The summed E-state index contributed by atoms with van der Waals surface area (Å²) in [6.45, 7) is 2.32. The van der Waals surface area contributed by atoms with Crippen molar-refractivity contribution in [3.05, 3.63) is 63.6 Å². The number of ether oxygens (including phenoxy) is 4. The van der Waals surface area contributed by atoms with Gasteiger partial charge in [-0.1, -0.05) is 15.9 Å². The van der Waals surface area contributed by atoms with Crippen LogP contribution in [0, 0.1) is 11.6 Å². The van der Waals surface area contributed by atoms with Crippen LogP contribution in [0.3, 0.4) is 0 Å². The third kappa shape index (κ3) is 10.9. The molecule has 0 amide bonds. The molecule has 2 aromatic rings.